The van der Waals surface area contributed by atoms with Gasteiger partial charge >= 0.3 is 0 Å². The molecule has 0 heterocycles. The molecule has 1 unspecified atom stereocenters. The average molecular weight is 188 g/mol. The predicted octanol–water partition coefficient (Wildman–Crippen LogP) is 2.66. The fourth-order valence-corrected chi connectivity index (χ4v) is 1.93. The van der Waals surface area contributed by atoms with Gasteiger partial charge < -0.3 is 5.11 Å². The Morgan fingerprint density at radius 1 is 1.21 bits per heavy atom. The van der Waals surface area contributed by atoms with Gasteiger partial charge in [-0.25, -0.2) is 0 Å². The van der Waals surface area contributed by atoms with Gasteiger partial charge in [0.1, 0.15) is 0 Å². The lowest BCUT2D eigenvalue weighted by Gasteiger charge is -2.35. The fourth-order valence-electron chi connectivity index (χ4n) is 1.93. The van der Waals surface area contributed by atoms with Crippen LogP contribution in [0.25, 0.3) is 0 Å². The van der Waals surface area contributed by atoms with Crippen LogP contribution in [0.1, 0.15) is 25.8 Å². The lowest BCUT2D eigenvalue weighted by Crippen LogP contribution is -2.30. The van der Waals surface area contributed by atoms with Crippen LogP contribution in [0.4, 0.5) is 0 Å². The molecule has 0 saturated heterocycles. The molecule has 0 spiro atoms. The van der Waals surface area contributed by atoms with Crippen molar-refractivity contribution in [3.63, 3.8) is 0 Å². The van der Waals surface area contributed by atoms with Gasteiger partial charge in [0.2, 0.25) is 0 Å². The van der Waals surface area contributed by atoms with E-state index in [9.17, 15) is 5.11 Å². The van der Waals surface area contributed by atoms with Crippen LogP contribution in [-0.2, 0) is 5.41 Å². The molecule has 1 nitrogen and oxygen atoms in total. The topological polar surface area (TPSA) is 20.2 Å². The summed E-state index contributed by atoms with van der Waals surface area (Å²) >= 11 is 0. The van der Waals surface area contributed by atoms with Crippen molar-refractivity contribution in [3.8, 4) is 0 Å². The fraction of sp³-hybridized carbons (Fsp3) is 0.385. The summed E-state index contributed by atoms with van der Waals surface area (Å²) in [6.45, 7) is 4.42. The molecule has 0 aromatic heterocycles. The first-order chi connectivity index (χ1) is 6.60. The van der Waals surface area contributed by atoms with Gasteiger partial charge in [0, 0.05) is 5.41 Å². The number of benzene rings is 1. The lowest BCUT2D eigenvalue weighted by atomic mass is 9.71. The lowest BCUT2D eigenvalue weighted by molar-refractivity contribution is 0.193. The minimum absolute atomic E-state index is 0.0699. The van der Waals surface area contributed by atoms with Crippen molar-refractivity contribution in [1.82, 2.24) is 0 Å². The maximum atomic E-state index is 9.25. The van der Waals surface area contributed by atoms with Gasteiger partial charge in [-0.3, -0.25) is 0 Å². The maximum Gasteiger partial charge on any atom is 0.0761 e. The summed E-state index contributed by atoms with van der Waals surface area (Å²) in [5, 5.41) is 9.25. The monoisotopic (exact) mass is 188 g/mol. The summed E-state index contributed by atoms with van der Waals surface area (Å²) in [5.74, 6) is 0. The van der Waals surface area contributed by atoms with Crippen LogP contribution in [-0.4, -0.2) is 11.2 Å². The van der Waals surface area contributed by atoms with Crippen LogP contribution in [0.15, 0.2) is 42.0 Å². The Bertz CT molecular complexity index is 349. The number of hydrogen-bond donors (Lipinski definition) is 1. The smallest absolute Gasteiger partial charge is 0.0761 e. The van der Waals surface area contributed by atoms with E-state index in [2.05, 4.69) is 38.1 Å². The predicted molar refractivity (Wildman–Crippen MR) is 58.2 cm³/mol. The van der Waals surface area contributed by atoms with Gasteiger partial charge in [-0.05, 0) is 12.0 Å². The summed E-state index contributed by atoms with van der Waals surface area (Å²) in [4.78, 5) is 0. The van der Waals surface area contributed by atoms with Crippen LogP contribution in [0, 0.1) is 0 Å². The Morgan fingerprint density at radius 3 is 2.29 bits per heavy atom. The summed E-state index contributed by atoms with van der Waals surface area (Å²) < 4.78 is 0. The van der Waals surface area contributed by atoms with Crippen molar-refractivity contribution < 1.29 is 5.11 Å². The van der Waals surface area contributed by atoms with E-state index < -0.39 is 0 Å². The van der Waals surface area contributed by atoms with Crippen molar-refractivity contribution in [2.75, 3.05) is 0 Å². The largest absolute Gasteiger partial charge is 0.389 e. The first-order valence-corrected chi connectivity index (χ1v) is 5.05. The highest BCUT2D eigenvalue weighted by atomic mass is 16.3. The zero-order chi connectivity index (χ0) is 10.2. The molecule has 1 atom stereocenters. The Hall–Kier alpha value is -1.08. The molecule has 0 bridgehead atoms. The van der Waals surface area contributed by atoms with Crippen LogP contribution >= 0.6 is 0 Å². The number of hydrogen-bond acceptors (Lipinski definition) is 1. The van der Waals surface area contributed by atoms with Gasteiger partial charge in [-0.15, -0.1) is 0 Å². The minimum Gasteiger partial charge on any atom is -0.389 e. The molecule has 0 aliphatic heterocycles. The zero-order valence-corrected chi connectivity index (χ0v) is 8.70. The van der Waals surface area contributed by atoms with Gasteiger partial charge in [-0.2, -0.15) is 0 Å². The first kappa shape index (κ1) is 9.47. The Morgan fingerprint density at radius 2 is 1.79 bits per heavy atom. The second kappa shape index (κ2) is 3.25. The van der Waals surface area contributed by atoms with E-state index in [1.165, 1.54) is 11.1 Å². The molecule has 1 aromatic rings. The third kappa shape index (κ3) is 1.48. The minimum atomic E-state index is -0.215. The SMILES string of the molecule is CC(C)(C1=CC(O)C1)c1ccccc1. The molecule has 1 aromatic carbocycles. The van der Waals surface area contributed by atoms with E-state index in [4.69, 9.17) is 0 Å². The zero-order valence-electron chi connectivity index (χ0n) is 8.70. The maximum absolute atomic E-state index is 9.25. The van der Waals surface area contributed by atoms with E-state index in [0.717, 1.165) is 6.42 Å². The van der Waals surface area contributed by atoms with Crippen molar-refractivity contribution in [2.45, 2.75) is 31.8 Å². The number of rotatable bonds is 2. The third-order valence-electron chi connectivity index (χ3n) is 3.12. The van der Waals surface area contributed by atoms with E-state index in [0.29, 0.717) is 0 Å². The Labute approximate surface area is 85.1 Å². The second-order valence-corrected chi connectivity index (χ2v) is 4.45. The molecule has 1 N–H and O–H groups in total. The third-order valence-corrected chi connectivity index (χ3v) is 3.12. The van der Waals surface area contributed by atoms with E-state index in [1.807, 2.05) is 12.1 Å². The summed E-state index contributed by atoms with van der Waals surface area (Å²) in [7, 11) is 0. The molecular formula is C13H16O. The summed E-state index contributed by atoms with van der Waals surface area (Å²) in [6.07, 6.45) is 2.57. The van der Waals surface area contributed by atoms with E-state index in [1.54, 1.807) is 0 Å². The van der Waals surface area contributed by atoms with Crippen LogP contribution in [0.2, 0.25) is 0 Å². The standard InChI is InChI=1S/C13H16O/c1-13(2,11-8-12(14)9-11)10-6-4-3-5-7-10/h3-8,12,14H,9H2,1-2H3. The van der Waals surface area contributed by atoms with Crippen LogP contribution in [0.5, 0.6) is 0 Å². The molecular weight excluding hydrogens is 172 g/mol. The van der Waals surface area contributed by atoms with E-state index in [-0.39, 0.29) is 11.5 Å². The molecule has 1 aliphatic carbocycles. The highest BCUT2D eigenvalue weighted by Crippen LogP contribution is 2.38. The molecule has 0 fully saturated rings. The first-order valence-electron chi connectivity index (χ1n) is 5.05. The van der Waals surface area contributed by atoms with Gasteiger partial charge in [0.05, 0.1) is 6.10 Å². The normalized spacial score (nSPS) is 21.4. The molecule has 0 saturated carbocycles. The number of aliphatic hydroxyl groups is 1. The molecule has 1 aliphatic rings. The van der Waals surface area contributed by atoms with Gasteiger partial charge in [0.15, 0.2) is 0 Å². The number of aliphatic hydroxyl groups excluding tert-OH is 1. The van der Waals surface area contributed by atoms with Crippen molar-refractivity contribution >= 4 is 0 Å². The molecule has 1 heteroatoms. The van der Waals surface area contributed by atoms with Gasteiger partial charge in [0.25, 0.3) is 0 Å². The highest BCUT2D eigenvalue weighted by molar-refractivity contribution is 5.38. The molecule has 74 valence electrons. The van der Waals surface area contributed by atoms with Crippen molar-refractivity contribution in [1.29, 1.82) is 0 Å². The average Bonchev–Trinajstić information content (AvgIpc) is 2.14. The van der Waals surface area contributed by atoms with Gasteiger partial charge in [-0.1, -0.05) is 55.8 Å². The summed E-state index contributed by atoms with van der Waals surface area (Å²) in [5.41, 5.74) is 2.73. The van der Waals surface area contributed by atoms with Crippen LogP contribution < -0.4 is 0 Å². The highest BCUT2D eigenvalue weighted by Gasteiger charge is 2.31. The Kier molecular flexibility index (Phi) is 2.20. The molecule has 2 rings (SSSR count). The second-order valence-electron chi connectivity index (χ2n) is 4.45. The summed E-state index contributed by atoms with van der Waals surface area (Å²) in [6, 6.07) is 10.4. The Balaban J connectivity index is 2.30. The molecule has 0 radical (unpaired) electrons. The van der Waals surface area contributed by atoms with Crippen LogP contribution in [0.3, 0.4) is 0 Å². The molecule has 14 heavy (non-hydrogen) atoms. The van der Waals surface area contributed by atoms with Crippen molar-refractivity contribution in [3.05, 3.63) is 47.5 Å². The quantitative estimate of drug-likeness (QED) is 0.707. The van der Waals surface area contributed by atoms with E-state index >= 15 is 0 Å². The van der Waals surface area contributed by atoms with Crippen molar-refractivity contribution in [2.24, 2.45) is 0 Å². The molecule has 0 amide bonds.